The molecule has 2 aliphatic rings. The molecule has 1 aliphatic carbocycles. The van der Waals surface area contributed by atoms with Crippen molar-refractivity contribution in [1.82, 2.24) is 14.5 Å². The van der Waals surface area contributed by atoms with Crippen LogP contribution < -0.4 is 9.64 Å². The molecule has 0 radical (unpaired) electrons. The van der Waals surface area contributed by atoms with Crippen LogP contribution in [-0.4, -0.2) is 53.0 Å². The van der Waals surface area contributed by atoms with Gasteiger partial charge in [-0.3, -0.25) is 9.59 Å². The summed E-state index contributed by atoms with van der Waals surface area (Å²) in [4.78, 5) is 35.0. The lowest BCUT2D eigenvalue weighted by molar-refractivity contribution is -0.133. The van der Waals surface area contributed by atoms with Crippen LogP contribution in [0.2, 0.25) is 0 Å². The summed E-state index contributed by atoms with van der Waals surface area (Å²) >= 11 is 0. The number of para-hydroxylation sites is 4. The summed E-state index contributed by atoms with van der Waals surface area (Å²) in [6, 6.07) is 15.8. The average molecular weight is 461 g/mol. The molecule has 2 fully saturated rings. The van der Waals surface area contributed by atoms with Crippen LogP contribution in [0.25, 0.3) is 11.0 Å². The lowest BCUT2D eigenvalue weighted by Crippen LogP contribution is -2.40. The number of hydrogen-bond acceptors (Lipinski definition) is 4. The Balaban J connectivity index is 1.44. The SMILES string of the molecule is COc1ccccc1N1CC(c2nc3ccccc3n2CC(=O)N(C)C2CCCCC2)CC1=O. The van der Waals surface area contributed by atoms with E-state index in [9.17, 15) is 9.59 Å². The molecule has 0 bridgehead atoms. The highest BCUT2D eigenvalue weighted by molar-refractivity contribution is 5.98. The van der Waals surface area contributed by atoms with Crippen LogP contribution >= 0.6 is 0 Å². The van der Waals surface area contributed by atoms with E-state index in [4.69, 9.17) is 9.72 Å². The first-order valence-corrected chi connectivity index (χ1v) is 12.2. The number of aromatic nitrogens is 2. The molecule has 1 saturated heterocycles. The quantitative estimate of drug-likeness (QED) is 0.548. The Morgan fingerprint density at radius 2 is 1.82 bits per heavy atom. The van der Waals surface area contributed by atoms with Gasteiger partial charge in [-0.05, 0) is 37.1 Å². The van der Waals surface area contributed by atoms with Crippen molar-refractivity contribution < 1.29 is 14.3 Å². The Bertz CT molecular complexity index is 1200. The fourth-order valence-corrected chi connectivity index (χ4v) is 5.46. The van der Waals surface area contributed by atoms with E-state index in [-0.39, 0.29) is 24.3 Å². The van der Waals surface area contributed by atoms with Crippen molar-refractivity contribution >= 4 is 28.5 Å². The maximum Gasteiger partial charge on any atom is 0.242 e. The van der Waals surface area contributed by atoms with Gasteiger partial charge in [-0.2, -0.15) is 0 Å². The van der Waals surface area contributed by atoms with Gasteiger partial charge in [0, 0.05) is 32.0 Å². The molecule has 34 heavy (non-hydrogen) atoms. The molecule has 2 aromatic carbocycles. The number of amides is 2. The van der Waals surface area contributed by atoms with E-state index in [1.807, 2.05) is 65.0 Å². The molecule has 1 aromatic heterocycles. The fraction of sp³-hybridized carbons (Fsp3) is 0.444. The number of benzene rings is 2. The normalized spacial score (nSPS) is 19.1. The van der Waals surface area contributed by atoms with Gasteiger partial charge in [-0.1, -0.05) is 43.5 Å². The highest BCUT2D eigenvalue weighted by Gasteiger charge is 2.36. The number of hydrogen-bond donors (Lipinski definition) is 0. The van der Waals surface area contributed by atoms with E-state index in [0.717, 1.165) is 35.4 Å². The Morgan fingerprint density at radius 1 is 1.09 bits per heavy atom. The van der Waals surface area contributed by atoms with E-state index in [0.29, 0.717) is 24.8 Å². The summed E-state index contributed by atoms with van der Waals surface area (Å²) in [6.07, 6.45) is 6.13. The Labute approximate surface area is 200 Å². The zero-order valence-electron chi connectivity index (χ0n) is 19.9. The van der Waals surface area contributed by atoms with Crippen molar-refractivity contribution in [2.45, 2.75) is 57.0 Å². The summed E-state index contributed by atoms with van der Waals surface area (Å²) in [5, 5.41) is 0. The summed E-state index contributed by atoms with van der Waals surface area (Å²) in [6.45, 7) is 0.747. The molecular formula is C27H32N4O3. The zero-order chi connectivity index (χ0) is 23.7. The van der Waals surface area contributed by atoms with Crippen LogP contribution in [0.15, 0.2) is 48.5 Å². The monoisotopic (exact) mass is 460 g/mol. The number of rotatable bonds is 6. The summed E-state index contributed by atoms with van der Waals surface area (Å²) in [5.74, 6) is 1.52. The predicted molar refractivity (Wildman–Crippen MR) is 132 cm³/mol. The van der Waals surface area contributed by atoms with Crippen LogP contribution in [0, 0.1) is 0 Å². The Morgan fingerprint density at radius 3 is 2.62 bits per heavy atom. The maximum atomic E-state index is 13.3. The lowest BCUT2D eigenvalue weighted by atomic mass is 9.94. The zero-order valence-corrected chi connectivity index (χ0v) is 19.9. The van der Waals surface area contributed by atoms with Crippen LogP contribution in [0.3, 0.4) is 0 Å². The van der Waals surface area contributed by atoms with Gasteiger partial charge < -0.3 is 19.1 Å². The van der Waals surface area contributed by atoms with Crippen LogP contribution in [0.5, 0.6) is 5.75 Å². The number of imidazole rings is 1. The van der Waals surface area contributed by atoms with E-state index >= 15 is 0 Å². The second-order valence-electron chi connectivity index (χ2n) is 9.42. The molecule has 1 unspecified atom stereocenters. The second-order valence-corrected chi connectivity index (χ2v) is 9.42. The van der Waals surface area contributed by atoms with E-state index in [2.05, 4.69) is 0 Å². The van der Waals surface area contributed by atoms with Crippen molar-refractivity contribution in [1.29, 1.82) is 0 Å². The van der Waals surface area contributed by atoms with E-state index in [1.165, 1.54) is 19.3 Å². The topological polar surface area (TPSA) is 67.7 Å². The van der Waals surface area contributed by atoms with E-state index in [1.54, 1.807) is 12.0 Å². The average Bonchev–Trinajstić information content (AvgIpc) is 3.44. The molecule has 1 atom stereocenters. The number of fused-ring (bicyclic) bond motifs is 1. The van der Waals surface area contributed by atoms with Crippen LogP contribution in [0.4, 0.5) is 5.69 Å². The van der Waals surface area contributed by atoms with Crippen molar-refractivity contribution in [2.75, 3.05) is 25.6 Å². The third-order valence-electron chi connectivity index (χ3n) is 7.36. The smallest absolute Gasteiger partial charge is 0.242 e. The molecule has 2 amide bonds. The van der Waals surface area contributed by atoms with Gasteiger partial charge in [0.15, 0.2) is 0 Å². The van der Waals surface area contributed by atoms with E-state index < -0.39 is 0 Å². The molecule has 7 nitrogen and oxygen atoms in total. The molecule has 0 N–H and O–H groups in total. The number of carbonyl (C=O) groups excluding carboxylic acids is 2. The first-order chi connectivity index (χ1) is 16.6. The molecular weight excluding hydrogens is 428 g/mol. The number of methoxy groups -OCH3 is 1. The predicted octanol–water partition coefficient (Wildman–Crippen LogP) is 4.36. The molecule has 1 aliphatic heterocycles. The van der Waals surface area contributed by atoms with Crippen molar-refractivity contribution in [2.24, 2.45) is 0 Å². The molecule has 7 heteroatoms. The number of carbonyl (C=O) groups is 2. The van der Waals surface area contributed by atoms with Gasteiger partial charge in [0.25, 0.3) is 0 Å². The van der Waals surface area contributed by atoms with Crippen LogP contribution in [-0.2, 0) is 16.1 Å². The van der Waals surface area contributed by atoms with Gasteiger partial charge in [0.1, 0.15) is 18.1 Å². The maximum absolute atomic E-state index is 13.3. The van der Waals surface area contributed by atoms with Gasteiger partial charge in [0.05, 0.1) is 23.8 Å². The first kappa shape index (κ1) is 22.4. The minimum atomic E-state index is -0.0994. The Kier molecular flexibility index (Phi) is 6.26. The molecule has 1 saturated carbocycles. The van der Waals surface area contributed by atoms with Crippen LogP contribution in [0.1, 0.15) is 50.3 Å². The van der Waals surface area contributed by atoms with Crippen molar-refractivity contribution in [3.05, 3.63) is 54.4 Å². The third kappa shape index (κ3) is 4.15. The highest BCUT2D eigenvalue weighted by Crippen LogP contribution is 2.37. The van der Waals surface area contributed by atoms with Gasteiger partial charge in [0.2, 0.25) is 11.8 Å². The Hall–Kier alpha value is -3.35. The minimum absolute atomic E-state index is 0.0405. The second kappa shape index (κ2) is 9.49. The van der Waals surface area contributed by atoms with Gasteiger partial charge >= 0.3 is 0 Å². The molecule has 0 spiro atoms. The van der Waals surface area contributed by atoms with Crippen molar-refractivity contribution in [3.8, 4) is 5.75 Å². The number of nitrogens with zero attached hydrogens (tertiary/aromatic N) is 4. The van der Waals surface area contributed by atoms with Gasteiger partial charge in [-0.15, -0.1) is 0 Å². The molecule has 178 valence electrons. The van der Waals surface area contributed by atoms with Crippen molar-refractivity contribution in [3.63, 3.8) is 0 Å². The largest absolute Gasteiger partial charge is 0.495 e. The number of likely N-dealkylation sites (N-methyl/N-ethyl adjacent to an activating group) is 1. The highest BCUT2D eigenvalue weighted by atomic mass is 16.5. The minimum Gasteiger partial charge on any atom is -0.495 e. The standard InChI is InChI=1S/C27H32N4O3/c1-29(20-10-4-3-5-11-20)26(33)18-31-22-13-7-6-12-21(22)28-27(31)19-16-25(32)30(17-19)23-14-8-9-15-24(23)34-2/h6-9,12-15,19-20H,3-5,10-11,16-18H2,1-2H3. The summed E-state index contributed by atoms with van der Waals surface area (Å²) in [5.41, 5.74) is 2.56. The van der Waals surface area contributed by atoms with Gasteiger partial charge in [-0.25, -0.2) is 4.98 Å². The fourth-order valence-electron chi connectivity index (χ4n) is 5.46. The number of anilines is 1. The summed E-state index contributed by atoms with van der Waals surface area (Å²) in [7, 11) is 3.55. The molecule has 2 heterocycles. The first-order valence-electron chi connectivity index (χ1n) is 12.2. The summed E-state index contributed by atoms with van der Waals surface area (Å²) < 4.78 is 7.52. The number of ether oxygens (including phenoxy) is 1. The molecule has 5 rings (SSSR count). The lowest BCUT2D eigenvalue weighted by Gasteiger charge is -2.31. The molecule has 3 aromatic rings. The third-order valence-corrected chi connectivity index (χ3v) is 7.36.